The van der Waals surface area contributed by atoms with Gasteiger partial charge in [0.05, 0.1) is 239 Å². The van der Waals surface area contributed by atoms with Crippen molar-refractivity contribution in [3.8, 4) is 0 Å². The van der Waals surface area contributed by atoms with Crippen molar-refractivity contribution in [2.75, 3.05) is 277 Å². The van der Waals surface area contributed by atoms with Crippen LogP contribution in [0.4, 0.5) is 5.69 Å². The standard InChI is InChI=1S/C13H20N.C12H28N3.C12H18N.C11H22N.C10H14N.2C9H21N2.C9H20N.C8H18NO.C8H18N.2C4H10.CH4/c1-11(2)14(3)9-8-12-6-4-5-7-13(12)10-14;1-12(2)15(5)10-8-13(3)6-7-14(4)9-11-15;1-10(2)13(3)9-8-11-6-4-5-7-12(11)13;1-12(2)9-5-7-10-6-3-4-8-11(10)12;1-11(2)7-9-5-3-4-6-10(9)8-11;2*1-9(2)10-5-7-11(3,4)8-6-10;1-9(2)10(3)7-5-4-6-8-10;1-8(2)9(3)4-6-10-7-5-9;1-8(2)9(3)6-4-5-7-9;2*1-4(2)3;/h4-7,11H,8-10H2,1-3H3;12H,6-11H2,1-5H3;4-7,10H,8-9H2,1-3H3;10-11H,3-9H2,1-2H3;3-6H,7-8H2,1-2H3;2*9H,5-8H2,1-4H3;9H,4-8H2,1-3H3;8H,4-7H2,1-3H3;8H,4-7H2,1-3H3;2*4H,1-3H3;1H4/q10*+1;;;. The second-order valence-corrected chi connectivity index (χ2v) is 48.3. The smallest absolute Gasteiger partial charge is 0.136 e. The highest BCUT2D eigenvalue weighted by Gasteiger charge is 2.42. The van der Waals surface area contributed by atoms with Crippen LogP contribution in [0.3, 0.4) is 0 Å². The third kappa shape index (κ3) is 42.5. The number of para-hydroxylation sites is 1. The molecule has 15 heteroatoms. The van der Waals surface area contributed by atoms with E-state index in [9.17, 15) is 0 Å². The Hall–Kier alpha value is -2.94. The third-order valence-corrected chi connectivity index (χ3v) is 31.9. The molecule has 0 aromatic heterocycles. The molecule has 1 saturated carbocycles. The van der Waals surface area contributed by atoms with Crippen molar-refractivity contribution in [2.45, 2.75) is 317 Å². The lowest BCUT2D eigenvalue weighted by Crippen LogP contribution is -2.56. The zero-order valence-electron chi connectivity index (χ0n) is 90.5. The van der Waals surface area contributed by atoms with Crippen molar-refractivity contribution in [1.82, 2.24) is 24.1 Å². The van der Waals surface area contributed by atoms with Crippen LogP contribution >= 0.6 is 0 Å². The summed E-state index contributed by atoms with van der Waals surface area (Å²) >= 11 is 0. The molecule has 14 rings (SSSR count). The van der Waals surface area contributed by atoms with Gasteiger partial charge in [0.25, 0.3) is 0 Å². The molecule has 0 radical (unpaired) electrons. The zero-order valence-corrected chi connectivity index (χ0v) is 90.5. The fraction of sp³-hybridized carbons (Fsp3) is 0.836. The van der Waals surface area contributed by atoms with E-state index in [2.05, 4.69) is 357 Å². The fourth-order valence-electron chi connectivity index (χ4n) is 19.4. The Balaban J connectivity index is 0.000000467. The molecule has 10 heterocycles. The molecule has 0 bridgehead atoms. The minimum absolute atomic E-state index is 0. The Bertz CT molecular complexity index is 3160. The van der Waals surface area contributed by atoms with Gasteiger partial charge in [-0.15, -0.1) is 0 Å². The van der Waals surface area contributed by atoms with Crippen molar-refractivity contribution < 1.29 is 45.1 Å². The Kier molecular flexibility index (Phi) is 52.6. The van der Waals surface area contributed by atoms with Crippen LogP contribution in [0.15, 0.2) is 72.8 Å². The molecule has 1 aliphatic carbocycles. The SMILES string of the molecule is C.CC(C)C.CC(C)C.CC(C)N1CC[N+](C)(C)CC1.CC(C)N1CC[N+](C)(C)CC1.CC(C)[N+]1(C)CCCC1.CC(C)[N+]1(C)CCCCC1.CC(C)[N+]1(C)CCN(C)CCN(C)CC1.CC(C)[N+]1(C)CCOCC1.CC(C)[N+]1(C)CCc2ccccc21.CC(C)[N+]1(C)CCc2ccccc2C1.C[N+]1(C)CCCC2CCCCC21.C[N+]1(C)Cc2ccccc2C1. The highest BCUT2D eigenvalue weighted by molar-refractivity contribution is 5.54. The maximum Gasteiger partial charge on any atom is 0.136 e. The Morgan fingerprint density at radius 1 is 0.288 bits per heavy atom. The number of ether oxygens (including phenoxy) is 1. The van der Waals surface area contributed by atoms with E-state index in [1.165, 1.54) is 306 Å². The van der Waals surface area contributed by atoms with E-state index in [4.69, 9.17) is 4.74 Å². The van der Waals surface area contributed by atoms with Crippen molar-refractivity contribution in [3.05, 3.63) is 101 Å². The van der Waals surface area contributed by atoms with E-state index < -0.39 is 0 Å². The molecule has 730 valence electrons. The summed E-state index contributed by atoms with van der Waals surface area (Å²) in [6.45, 7) is 85.1. The van der Waals surface area contributed by atoms with Gasteiger partial charge in [0.1, 0.15) is 38.4 Å². The van der Waals surface area contributed by atoms with Crippen molar-refractivity contribution in [1.29, 1.82) is 0 Å². The van der Waals surface area contributed by atoms with Crippen molar-refractivity contribution >= 4 is 5.69 Å². The number of rotatable bonds is 8. The highest BCUT2D eigenvalue weighted by Crippen LogP contribution is 2.38. The maximum atomic E-state index is 5.30. The van der Waals surface area contributed by atoms with E-state index in [-0.39, 0.29) is 7.43 Å². The van der Waals surface area contributed by atoms with Crippen LogP contribution in [0.25, 0.3) is 0 Å². The quantitative estimate of drug-likeness (QED) is 0.209. The summed E-state index contributed by atoms with van der Waals surface area (Å²) < 4.78 is 17.4. The normalized spacial score (nSPS) is 25.4. The zero-order chi connectivity index (χ0) is 93.9. The summed E-state index contributed by atoms with van der Waals surface area (Å²) in [6.07, 6.45) is 18.7. The molecule has 4 unspecified atom stereocenters. The van der Waals surface area contributed by atoms with Gasteiger partial charge >= 0.3 is 0 Å². The molecular weight excluding hydrogens is 1530 g/mol. The Morgan fingerprint density at radius 2 is 0.616 bits per heavy atom. The molecule has 0 spiro atoms. The van der Waals surface area contributed by atoms with E-state index in [0.29, 0.717) is 6.04 Å². The second-order valence-electron chi connectivity index (χ2n) is 48.3. The number of quaternary nitrogens is 10. The van der Waals surface area contributed by atoms with E-state index in [0.717, 1.165) is 88.3 Å². The molecule has 11 aliphatic rings. The number of likely N-dealkylation sites (N-methyl/N-ethyl adjacent to an activating group) is 8. The molecule has 8 fully saturated rings. The van der Waals surface area contributed by atoms with Gasteiger partial charge in [-0.25, -0.2) is 0 Å². The van der Waals surface area contributed by atoms with Gasteiger partial charge in [0, 0.05) is 118 Å². The molecule has 0 amide bonds. The van der Waals surface area contributed by atoms with Gasteiger partial charge in [0.15, 0.2) is 0 Å². The van der Waals surface area contributed by atoms with Crippen LogP contribution in [0.2, 0.25) is 0 Å². The molecule has 7 saturated heterocycles. The first-order valence-corrected chi connectivity index (χ1v) is 51.5. The lowest BCUT2D eigenvalue weighted by Gasteiger charge is -2.48. The first-order chi connectivity index (χ1) is 57.5. The van der Waals surface area contributed by atoms with Crippen LogP contribution in [0, 0.1) is 17.8 Å². The van der Waals surface area contributed by atoms with E-state index in [1.807, 2.05) is 0 Å². The average Bonchev–Trinajstić information content (AvgIpc) is 1.12. The highest BCUT2D eigenvalue weighted by atomic mass is 16.5. The summed E-state index contributed by atoms with van der Waals surface area (Å²) in [5.74, 6) is 2.74. The predicted octanol–water partition coefficient (Wildman–Crippen LogP) is 20.2. The minimum atomic E-state index is 0. The number of piperazine rings is 2. The molecule has 3 aromatic rings. The van der Waals surface area contributed by atoms with E-state index in [1.54, 1.807) is 16.7 Å². The maximum absolute atomic E-state index is 5.30. The predicted molar refractivity (Wildman–Crippen MR) is 554 cm³/mol. The second kappa shape index (κ2) is 55.7. The topological polar surface area (TPSA) is 22.2 Å². The third-order valence-electron chi connectivity index (χ3n) is 31.9. The minimum Gasteiger partial charge on any atom is -0.370 e. The number of hydrogen-bond acceptors (Lipinski definition) is 5. The molecule has 10 aliphatic heterocycles. The summed E-state index contributed by atoms with van der Waals surface area (Å²) in [5, 5.41) is 0. The molecular formula is C110H224N14O+10. The first kappa shape index (κ1) is 118. The summed E-state index contributed by atoms with van der Waals surface area (Å²) in [5.41, 5.74) is 9.23. The van der Waals surface area contributed by atoms with Gasteiger partial charge in [-0.2, -0.15) is 0 Å². The number of fused-ring (bicyclic) bond motifs is 4. The number of nitrogens with zero attached hydrogens (tertiary/aromatic N) is 14. The first-order valence-electron chi connectivity index (χ1n) is 51.5. The molecule has 125 heavy (non-hydrogen) atoms. The summed E-state index contributed by atoms with van der Waals surface area (Å²) in [4.78, 5) is 10.0. The largest absolute Gasteiger partial charge is 0.370 e. The van der Waals surface area contributed by atoms with Gasteiger partial charge < -0.3 is 45.1 Å². The van der Waals surface area contributed by atoms with Gasteiger partial charge in [0.2, 0.25) is 0 Å². The number of hydrogen-bond donors (Lipinski definition) is 0. The molecule has 0 N–H and O–H groups in total. The lowest BCUT2D eigenvalue weighted by molar-refractivity contribution is -0.944. The lowest BCUT2D eigenvalue weighted by atomic mass is 9.77. The monoisotopic (exact) mass is 1760 g/mol. The van der Waals surface area contributed by atoms with Crippen LogP contribution in [0.1, 0.15) is 258 Å². The van der Waals surface area contributed by atoms with Crippen molar-refractivity contribution in [2.24, 2.45) is 17.8 Å². The van der Waals surface area contributed by atoms with Crippen molar-refractivity contribution in [3.63, 3.8) is 0 Å². The number of piperidine rings is 2. The van der Waals surface area contributed by atoms with Crippen LogP contribution < -0.4 is 4.48 Å². The fourth-order valence-corrected chi connectivity index (χ4v) is 19.4. The average molecular weight is 1760 g/mol. The number of benzene rings is 3. The summed E-state index contributed by atoms with van der Waals surface area (Å²) in [6, 6.07) is 33.5. The van der Waals surface area contributed by atoms with E-state index >= 15 is 0 Å². The molecule has 15 nitrogen and oxygen atoms in total. The Labute approximate surface area is 782 Å². The summed E-state index contributed by atoms with van der Waals surface area (Å²) in [7, 11) is 37.4. The molecule has 4 atom stereocenters. The van der Waals surface area contributed by atoms with Crippen LogP contribution in [0.5, 0.6) is 0 Å². The van der Waals surface area contributed by atoms with Crippen LogP contribution in [-0.2, 0) is 37.2 Å². The number of morpholine rings is 1. The Morgan fingerprint density at radius 3 is 0.976 bits per heavy atom. The van der Waals surface area contributed by atoms with Gasteiger partial charge in [-0.1, -0.05) is 122 Å². The van der Waals surface area contributed by atoms with Gasteiger partial charge in [-0.05, 0) is 200 Å². The molecule has 3 aromatic carbocycles. The van der Waals surface area contributed by atoms with Crippen LogP contribution in [-0.4, -0.2) is 391 Å². The van der Waals surface area contributed by atoms with Gasteiger partial charge in [-0.3, -0.25) is 24.1 Å². The number of likely N-dealkylation sites (tertiary alicyclic amines) is 3.